The zero-order valence-corrected chi connectivity index (χ0v) is 10.4. The minimum atomic E-state index is -0.0612. The molecule has 2 atom stereocenters. The predicted octanol–water partition coefficient (Wildman–Crippen LogP) is 2.47. The average molecular weight is 233 g/mol. The molecule has 3 nitrogen and oxygen atoms in total. The minimum absolute atomic E-state index is 0.0612. The molecule has 0 radical (unpaired) electrons. The number of amides is 1. The molecule has 3 heteroatoms. The van der Waals surface area contributed by atoms with Gasteiger partial charge in [0.2, 0.25) is 5.91 Å². The van der Waals surface area contributed by atoms with Gasteiger partial charge in [0.1, 0.15) is 5.75 Å². The third-order valence-corrected chi connectivity index (χ3v) is 3.28. The van der Waals surface area contributed by atoms with Crippen molar-refractivity contribution in [1.82, 2.24) is 5.32 Å². The van der Waals surface area contributed by atoms with E-state index in [0.29, 0.717) is 6.61 Å². The first kappa shape index (κ1) is 12.0. The van der Waals surface area contributed by atoms with Gasteiger partial charge in [-0.2, -0.15) is 0 Å². The van der Waals surface area contributed by atoms with Gasteiger partial charge in [0, 0.05) is 11.6 Å². The zero-order chi connectivity index (χ0) is 12.3. The zero-order valence-electron chi connectivity index (χ0n) is 10.4. The van der Waals surface area contributed by atoms with Crippen LogP contribution in [0.4, 0.5) is 0 Å². The largest absolute Gasteiger partial charge is 0.493 e. The standard InChI is InChI=1S/C14H19NO2/c1-3-10(2)15-14(16)12-8-9-17-13-7-5-4-6-11(12)13/h4-7,10,12H,3,8-9H2,1-2H3,(H,15,16). The number of carbonyl (C=O) groups is 1. The molecule has 92 valence electrons. The lowest BCUT2D eigenvalue weighted by Crippen LogP contribution is -2.37. The summed E-state index contributed by atoms with van der Waals surface area (Å²) < 4.78 is 5.56. The van der Waals surface area contributed by atoms with E-state index >= 15 is 0 Å². The molecule has 1 aliphatic rings. The Bertz CT molecular complexity index is 403. The van der Waals surface area contributed by atoms with Crippen molar-refractivity contribution in [3.8, 4) is 5.75 Å². The van der Waals surface area contributed by atoms with Crippen molar-refractivity contribution >= 4 is 5.91 Å². The highest BCUT2D eigenvalue weighted by Gasteiger charge is 2.27. The quantitative estimate of drug-likeness (QED) is 0.871. The Labute approximate surface area is 102 Å². The van der Waals surface area contributed by atoms with Crippen molar-refractivity contribution in [3.63, 3.8) is 0 Å². The lowest BCUT2D eigenvalue weighted by molar-refractivity contribution is -0.123. The summed E-state index contributed by atoms with van der Waals surface area (Å²) in [5.41, 5.74) is 1.01. The number of benzene rings is 1. The van der Waals surface area contributed by atoms with Crippen LogP contribution in [0.2, 0.25) is 0 Å². The van der Waals surface area contributed by atoms with E-state index in [4.69, 9.17) is 4.74 Å². The molecule has 0 saturated carbocycles. The van der Waals surface area contributed by atoms with Gasteiger partial charge in [-0.15, -0.1) is 0 Å². The van der Waals surface area contributed by atoms with Crippen LogP contribution >= 0.6 is 0 Å². The molecule has 1 aliphatic heterocycles. The average Bonchev–Trinajstić information content (AvgIpc) is 2.37. The Balaban J connectivity index is 2.15. The summed E-state index contributed by atoms with van der Waals surface area (Å²) in [5.74, 6) is 0.909. The highest BCUT2D eigenvalue weighted by molar-refractivity contribution is 5.84. The first-order chi connectivity index (χ1) is 8.22. The second-order valence-electron chi connectivity index (χ2n) is 4.55. The fraction of sp³-hybridized carbons (Fsp3) is 0.500. The molecular formula is C14H19NO2. The molecule has 1 aromatic carbocycles. The van der Waals surface area contributed by atoms with E-state index in [0.717, 1.165) is 24.2 Å². The van der Waals surface area contributed by atoms with Crippen LogP contribution in [0.15, 0.2) is 24.3 Å². The summed E-state index contributed by atoms with van der Waals surface area (Å²) in [6.45, 7) is 4.72. The summed E-state index contributed by atoms with van der Waals surface area (Å²) in [6, 6.07) is 8.04. The molecule has 1 amide bonds. The number of hydrogen-bond acceptors (Lipinski definition) is 2. The topological polar surface area (TPSA) is 38.3 Å². The van der Waals surface area contributed by atoms with Crippen LogP contribution in [0.5, 0.6) is 5.75 Å². The molecule has 0 spiro atoms. The van der Waals surface area contributed by atoms with E-state index in [2.05, 4.69) is 12.2 Å². The van der Waals surface area contributed by atoms with E-state index in [1.165, 1.54) is 0 Å². The summed E-state index contributed by atoms with van der Waals surface area (Å²) in [5, 5.41) is 3.05. The van der Waals surface area contributed by atoms with E-state index in [9.17, 15) is 4.79 Å². The Hall–Kier alpha value is -1.51. The van der Waals surface area contributed by atoms with Gasteiger partial charge in [0.25, 0.3) is 0 Å². The first-order valence-electron chi connectivity index (χ1n) is 6.24. The van der Waals surface area contributed by atoms with Gasteiger partial charge < -0.3 is 10.1 Å². The van der Waals surface area contributed by atoms with Crippen LogP contribution in [0.1, 0.15) is 38.2 Å². The maximum atomic E-state index is 12.2. The van der Waals surface area contributed by atoms with Crippen molar-refractivity contribution in [1.29, 1.82) is 0 Å². The maximum Gasteiger partial charge on any atom is 0.228 e. The summed E-state index contributed by atoms with van der Waals surface area (Å²) in [6.07, 6.45) is 1.72. The van der Waals surface area contributed by atoms with E-state index in [1.807, 2.05) is 31.2 Å². The SMILES string of the molecule is CCC(C)NC(=O)C1CCOc2ccccc21. The molecule has 0 aromatic heterocycles. The predicted molar refractivity (Wildman–Crippen MR) is 67.2 cm³/mol. The number of nitrogens with one attached hydrogen (secondary N) is 1. The van der Waals surface area contributed by atoms with E-state index in [-0.39, 0.29) is 17.9 Å². The van der Waals surface area contributed by atoms with Crippen LogP contribution < -0.4 is 10.1 Å². The van der Waals surface area contributed by atoms with Crippen LogP contribution in [0.25, 0.3) is 0 Å². The van der Waals surface area contributed by atoms with Crippen molar-refractivity contribution in [2.45, 2.75) is 38.6 Å². The molecule has 0 saturated heterocycles. The Morgan fingerprint density at radius 3 is 3.06 bits per heavy atom. The Kier molecular flexibility index (Phi) is 3.67. The van der Waals surface area contributed by atoms with Crippen molar-refractivity contribution in [2.24, 2.45) is 0 Å². The van der Waals surface area contributed by atoms with Gasteiger partial charge >= 0.3 is 0 Å². The molecule has 1 N–H and O–H groups in total. The Morgan fingerprint density at radius 1 is 1.53 bits per heavy atom. The van der Waals surface area contributed by atoms with Crippen LogP contribution in [-0.2, 0) is 4.79 Å². The fourth-order valence-corrected chi connectivity index (χ4v) is 2.06. The molecule has 2 unspecified atom stereocenters. The number of hydrogen-bond donors (Lipinski definition) is 1. The molecular weight excluding hydrogens is 214 g/mol. The third kappa shape index (κ3) is 2.60. The number of carbonyl (C=O) groups excluding carboxylic acids is 1. The molecule has 0 aliphatic carbocycles. The van der Waals surface area contributed by atoms with Gasteiger partial charge in [0.15, 0.2) is 0 Å². The third-order valence-electron chi connectivity index (χ3n) is 3.28. The number of fused-ring (bicyclic) bond motifs is 1. The van der Waals surface area contributed by atoms with Gasteiger partial charge in [-0.05, 0) is 25.8 Å². The number of para-hydroxylation sites is 1. The molecule has 1 heterocycles. The summed E-state index contributed by atoms with van der Waals surface area (Å²) >= 11 is 0. The van der Waals surface area contributed by atoms with Gasteiger partial charge in [0.05, 0.1) is 12.5 Å². The minimum Gasteiger partial charge on any atom is -0.493 e. The smallest absolute Gasteiger partial charge is 0.228 e. The van der Waals surface area contributed by atoms with E-state index in [1.54, 1.807) is 0 Å². The van der Waals surface area contributed by atoms with Gasteiger partial charge in [-0.25, -0.2) is 0 Å². The highest BCUT2D eigenvalue weighted by Crippen LogP contribution is 2.33. The summed E-state index contributed by atoms with van der Waals surface area (Å²) in [4.78, 5) is 12.2. The van der Waals surface area contributed by atoms with E-state index < -0.39 is 0 Å². The van der Waals surface area contributed by atoms with Crippen molar-refractivity contribution < 1.29 is 9.53 Å². The normalized spacial score (nSPS) is 20.0. The fourth-order valence-electron chi connectivity index (χ4n) is 2.06. The first-order valence-corrected chi connectivity index (χ1v) is 6.24. The molecule has 0 fully saturated rings. The second-order valence-corrected chi connectivity index (χ2v) is 4.55. The highest BCUT2D eigenvalue weighted by atomic mass is 16.5. The van der Waals surface area contributed by atoms with Crippen LogP contribution in [-0.4, -0.2) is 18.6 Å². The summed E-state index contributed by atoms with van der Waals surface area (Å²) in [7, 11) is 0. The maximum absolute atomic E-state index is 12.2. The van der Waals surface area contributed by atoms with Gasteiger partial charge in [-0.1, -0.05) is 25.1 Å². The lowest BCUT2D eigenvalue weighted by Gasteiger charge is -2.26. The van der Waals surface area contributed by atoms with Crippen LogP contribution in [0.3, 0.4) is 0 Å². The van der Waals surface area contributed by atoms with Crippen LogP contribution in [0, 0.1) is 0 Å². The van der Waals surface area contributed by atoms with Gasteiger partial charge in [-0.3, -0.25) is 4.79 Å². The molecule has 1 aromatic rings. The molecule has 17 heavy (non-hydrogen) atoms. The molecule has 2 rings (SSSR count). The lowest BCUT2D eigenvalue weighted by atomic mass is 9.92. The number of ether oxygens (including phenoxy) is 1. The Morgan fingerprint density at radius 2 is 2.29 bits per heavy atom. The monoisotopic (exact) mass is 233 g/mol. The van der Waals surface area contributed by atoms with Crippen molar-refractivity contribution in [2.75, 3.05) is 6.61 Å². The van der Waals surface area contributed by atoms with Crippen molar-refractivity contribution in [3.05, 3.63) is 29.8 Å². The number of rotatable bonds is 3. The second kappa shape index (κ2) is 5.21. The molecule has 0 bridgehead atoms.